The van der Waals surface area contributed by atoms with Crippen molar-refractivity contribution in [2.75, 3.05) is 0 Å². The molecule has 0 aliphatic carbocycles. The van der Waals surface area contributed by atoms with Crippen LogP contribution in [0.3, 0.4) is 0 Å². The minimum atomic E-state index is -0.433. The van der Waals surface area contributed by atoms with E-state index in [1.54, 1.807) is 0 Å². The second-order valence-electron chi connectivity index (χ2n) is 3.67. The van der Waals surface area contributed by atoms with Crippen LogP contribution in [0.5, 0.6) is 0 Å². The zero-order chi connectivity index (χ0) is 10.3. The molecule has 0 atom stereocenters. The van der Waals surface area contributed by atoms with Gasteiger partial charge in [0.05, 0.1) is 0 Å². The number of benzene rings is 2. The summed E-state index contributed by atoms with van der Waals surface area (Å²) in [7, 11) is 0. The standard InChI is InChI=1S/2C7H7.In.H/c2*1-7-5-3-2-4-6-7;;/h2*2-6H,1H2;;/q;;+1;-1. The predicted octanol–water partition coefficient (Wildman–Crippen LogP) is 3.20. The predicted molar refractivity (Wildman–Crippen MR) is 67.2 cm³/mol. The second-order valence-corrected chi connectivity index (χ2v) is 7.65. The Morgan fingerprint density at radius 1 is 0.667 bits per heavy atom. The average Bonchev–Trinajstić information content (AvgIpc) is 2.32. The maximum absolute atomic E-state index is 2.25. The molecule has 0 nitrogen and oxygen atoms in total. The van der Waals surface area contributed by atoms with Crippen LogP contribution in [0.25, 0.3) is 0 Å². The molecule has 0 N–H and O–H groups in total. The third-order valence-corrected chi connectivity index (χ3v) is 6.78. The van der Waals surface area contributed by atoms with Crippen molar-refractivity contribution in [1.29, 1.82) is 0 Å². The van der Waals surface area contributed by atoms with Crippen molar-refractivity contribution in [1.82, 2.24) is 0 Å². The quantitative estimate of drug-likeness (QED) is 0.813. The normalized spacial score (nSPS) is 9.60. The molecule has 0 bridgehead atoms. The van der Waals surface area contributed by atoms with Crippen LogP contribution in [0, 0.1) is 0 Å². The van der Waals surface area contributed by atoms with E-state index < -0.39 is 22.9 Å². The van der Waals surface area contributed by atoms with Crippen LogP contribution in [-0.4, -0.2) is 22.9 Å². The van der Waals surface area contributed by atoms with Crippen molar-refractivity contribution in [3.8, 4) is 0 Å². The number of hydrogen-bond donors (Lipinski definition) is 0. The van der Waals surface area contributed by atoms with Gasteiger partial charge in [0.1, 0.15) is 0 Å². The molecule has 0 aliphatic heterocycles. The van der Waals surface area contributed by atoms with E-state index in [0.717, 1.165) is 0 Å². The maximum atomic E-state index is 2.25. The van der Waals surface area contributed by atoms with Crippen LogP contribution in [0.1, 0.15) is 12.6 Å². The molecular weight excluding hydrogens is 283 g/mol. The fourth-order valence-corrected chi connectivity index (χ4v) is 5.50. The molecule has 0 spiro atoms. The van der Waals surface area contributed by atoms with E-state index in [1.807, 2.05) is 0 Å². The van der Waals surface area contributed by atoms with Gasteiger partial charge in [-0.05, 0) is 0 Å². The van der Waals surface area contributed by atoms with Crippen molar-refractivity contribution >= 4 is 22.9 Å². The first-order valence-corrected chi connectivity index (χ1v) is 10.0. The summed E-state index contributed by atoms with van der Waals surface area (Å²) < 4.78 is 2.73. The molecule has 0 amide bonds. The molecule has 74 valence electrons. The van der Waals surface area contributed by atoms with Gasteiger partial charge in [-0.2, -0.15) is 0 Å². The van der Waals surface area contributed by atoms with Gasteiger partial charge in [-0.3, -0.25) is 0 Å². The molecule has 1 heteroatoms. The van der Waals surface area contributed by atoms with Crippen LogP contribution < -0.4 is 0 Å². The molecular formula is C14H15In. The van der Waals surface area contributed by atoms with Crippen LogP contribution in [0.4, 0.5) is 0 Å². The SMILES string of the molecule is [H-].c1ccc([CH2][In+][CH2]c2ccccc2)cc1. The molecule has 2 aromatic rings. The van der Waals surface area contributed by atoms with E-state index in [9.17, 15) is 0 Å². The Kier molecular flexibility index (Phi) is 4.34. The van der Waals surface area contributed by atoms with E-state index in [4.69, 9.17) is 0 Å². The summed E-state index contributed by atoms with van der Waals surface area (Å²) in [5.41, 5.74) is 3.05. The van der Waals surface area contributed by atoms with Gasteiger partial charge in [-0.1, -0.05) is 0 Å². The van der Waals surface area contributed by atoms with Crippen molar-refractivity contribution in [2.45, 2.75) is 8.35 Å². The molecule has 2 rings (SSSR count). The van der Waals surface area contributed by atoms with Crippen LogP contribution in [0.2, 0.25) is 0 Å². The van der Waals surface area contributed by atoms with Crippen molar-refractivity contribution in [2.24, 2.45) is 0 Å². The van der Waals surface area contributed by atoms with Crippen molar-refractivity contribution < 1.29 is 1.43 Å². The molecule has 0 aliphatic rings. The van der Waals surface area contributed by atoms with Crippen LogP contribution >= 0.6 is 0 Å². The van der Waals surface area contributed by atoms with Gasteiger partial charge in [0.15, 0.2) is 0 Å². The Balaban J connectivity index is 0.00000128. The molecule has 0 radical (unpaired) electrons. The van der Waals surface area contributed by atoms with E-state index in [2.05, 4.69) is 60.7 Å². The summed E-state index contributed by atoms with van der Waals surface area (Å²) in [5.74, 6) is 0. The van der Waals surface area contributed by atoms with Gasteiger partial charge < -0.3 is 1.43 Å². The summed E-state index contributed by atoms with van der Waals surface area (Å²) in [6.45, 7) is 0. The summed E-state index contributed by atoms with van der Waals surface area (Å²) in [6, 6.07) is 21.7. The van der Waals surface area contributed by atoms with Gasteiger partial charge in [0, 0.05) is 0 Å². The summed E-state index contributed by atoms with van der Waals surface area (Å²) >= 11 is -0.433. The molecule has 2 aromatic carbocycles. The van der Waals surface area contributed by atoms with Gasteiger partial charge in [-0.15, -0.1) is 0 Å². The molecule has 15 heavy (non-hydrogen) atoms. The Bertz CT molecular complexity index is 346. The topological polar surface area (TPSA) is 0 Å². The van der Waals surface area contributed by atoms with Crippen molar-refractivity contribution in [3.05, 3.63) is 71.8 Å². The van der Waals surface area contributed by atoms with Crippen LogP contribution in [-0.2, 0) is 8.35 Å². The van der Waals surface area contributed by atoms with Gasteiger partial charge in [0.2, 0.25) is 0 Å². The van der Waals surface area contributed by atoms with Crippen LogP contribution in [0.15, 0.2) is 60.7 Å². The molecule has 0 aromatic heterocycles. The van der Waals surface area contributed by atoms with Gasteiger partial charge in [-0.25, -0.2) is 0 Å². The molecule has 0 saturated carbocycles. The summed E-state index contributed by atoms with van der Waals surface area (Å²) in [5, 5.41) is 0. The van der Waals surface area contributed by atoms with E-state index in [-0.39, 0.29) is 1.43 Å². The van der Waals surface area contributed by atoms with E-state index in [0.29, 0.717) is 0 Å². The minimum absolute atomic E-state index is 0. The third kappa shape index (κ3) is 3.75. The molecule has 0 fully saturated rings. The molecule has 0 unspecified atom stereocenters. The Morgan fingerprint density at radius 2 is 1.07 bits per heavy atom. The molecule has 0 heterocycles. The Morgan fingerprint density at radius 3 is 1.47 bits per heavy atom. The molecule has 0 saturated heterocycles. The summed E-state index contributed by atoms with van der Waals surface area (Å²) in [4.78, 5) is 0. The fraction of sp³-hybridized carbons (Fsp3) is 0.143. The van der Waals surface area contributed by atoms with Gasteiger partial charge in [0.25, 0.3) is 0 Å². The first-order valence-electron chi connectivity index (χ1n) is 5.34. The second kappa shape index (κ2) is 6.02. The first kappa shape index (κ1) is 10.8. The Hall–Kier alpha value is -0.690. The monoisotopic (exact) mass is 298 g/mol. The third-order valence-electron chi connectivity index (χ3n) is 2.45. The summed E-state index contributed by atoms with van der Waals surface area (Å²) in [6.07, 6.45) is 0. The zero-order valence-corrected chi connectivity index (χ0v) is 12.1. The van der Waals surface area contributed by atoms with E-state index >= 15 is 0 Å². The van der Waals surface area contributed by atoms with Gasteiger partial charge >= 0.3 is 103 Å². The van der Waals surface area contributed by atoms with Crippen molar-refractivity contribution in [3.63, 3.8) is 0 Å². The number of rotatable bonds is 4. The zero-order valence-electron chi connectivity index (χ0n) is 9.77. The van der Waals surface area contributed by atoms with E-state index in [1.165, 1.54) is 19.5 Å². The number of hydrogen-bond acceptors (Lipinski definition) is 0. The fourth-order valence-electron chi connectivity index (χ4n) is 1.63. The average molecular weight is 298 g/mol. The Labute approximate surface area is 104 Å². The first-order chi connectivity index (χ1) is 7.45.